The van der Waals surface area contributed by atoms with Crippen molar-refractivity contribution in [2.24, 2.45) is 0 Å². The zero-order valence-corrected chi connectivity index (χ0v) is 15.1. The summed E-state index contributed by atoms with van der Waals surface area (Å²) in [6.07, 6.45) is 1.82. The van der Waals surface area contributed by atoms with Crippen LogP contribution in [0.5, 0.6) is 0 Å². The van der Waals surface area contributed by atoms with E-state index in [1.165, 1.54) is 10.4 Å². The molecule has 138 valence electrons. The zero-order chi connectivity index (χ0) is 18.6. The van der Waals surface area contributed by atoms with Gasteiger partial charge >= 0.3 is 0 Å². The van der Waals surface area contributed by atoms with Gasteiger partial charge in [-0.1, -0.05) is 30.3 Å². The van der Waals surface area contributed by atoms with Crippen molar-refractivity contribution in [2.75, 3.05) is 13.1 Å². The standard InChI is InChI=1S/C18H21N3O4S/c22-21(23)18-6-2-1-5-16(18)14-19-13-15-7-9-17(10-8-15)26(24,25)20-11-3-4-12-20/h1-2,5-10,19H,3-4,11-14H2. The number of nitro benzene ring substituents is 1. The molecule has 1 saturated heterocycles. The lowest BCUT2D eigenvalue weighted by atomic mass is 10.1. The Morgan fingerprint density at radius 1 is 1.00 bits per heavy atom. The Morgan fingerprint density at radius 2 is 1.65 bits per heavy atom. The summed E-state index contributed by atoms with van der Waals surface area (Å²) in [4.78, 5) is 10.9. The van der Waals surface area contributed by atoms with E-state index in [1.54, 1.807) is 42.5 Å². The van der Waals surface area contributed by atoms with Crippen molar-refractivity contribution in [2.45, 2.75) is 30.8 Å². The highest BCUT2D eigenvalue weighted by atomic mass is 32.2. The molecule has 26 heavy (non-hydrogen) atoms. The van der Waals surface area contributed by atoms with Crippen LogP contribution in [0, 0.1) is 10.1 Å². The van der Waals surface area contributed by atoms with Gasteiger partial charge in [0.1, 0.15) is 0 Å². The quantitative estimate of drug-likeness (QED) is 0.593. The van der Waals surface area contributed by atoms with Crippen LogP contribution in [0.15, 0.2) is 53.4 Å². The van der Waals surface area contributed by atoms with Gasteiger partial charge < -0.3 is 5.32 Å². The predicted molar refractivity (Wildman–Crippen MR) is 98.1 cm³/mol. The molecule has 1 aliphatic rings. The summed E-state index contributed by atoms with van der Waals surface area (Å²) in [6, 6.07) is 13.4. The Kier molecular flexibility index (Phi) is 5.65. The number of para-hydroxylation sites is 1. The van der Waals surface area contributed by atoms with E-state index in [1.807, 2.05) is 0 Å². The third-order valence-electron chi connectivity index (χ3n) is 4.46. The lowest BCUT2D eigenvalue weighted by Gasteiger charge is -2.15. The number of benzene rings is 2. The van der Waals surface area contributed by atoms with Gasteiger partial charge in [-0.05, 0) is 30.5 Å². The van der Waals surface area contributed by atoms with Gasteiger partial charge in [0, 0.05) is 37.8 Å². The normalized spacial score (nSPS) is 15.2. The average molecular weight is 375 g/mol. The molecule has 0 spiro atoms. The zero-order valence-electron chi connectivity index (χ0n) is 14.3. The van der Waals surface area contributed by atoms with Crippen LogP contribution < -0.4 is 5.32 Å². The smallest absolute Gasteiger partial charge is 0.273 e. The van der Waals surface area contributed by atoms with Gasteiger partial charge in [0.2, 0.25) is 10.0 Å². The van der Waals surface area contributed by atoms with E-state index in [0.29, 0.717) is 36.6 Å². The highest BCUT2D eigenvalue weighted by Crippen LogP contribution is 2.21. The van der Waals surface area contributed by atoms with Crippen LogP contribution in [0.4, 0.5) is 5.69 Å². The first kappa shape index (κ1) is 18.5. The van der Waals surface area contributed by atoms with Crippen molar-refractivity contribution in [3.8, 4) is 0 Å². The van der Waals surface area contributed by atoms with Gasteiger partial charge in [-0.2, -0.15) is 4.31 Å². The molecule has 7 nitrogen and oxygen atoms in total. The molecular weight excluding hydrogens is 354 g/mol. The van der Waals surface area contributed by atoms with E-state index in [2.05, 4.69) is 5.32 Å². The van der Waals surface area contributed by atoms with E-state index >= 15 is 0 Å². The minimum atomic E-state index is -3.40. The first-order valence-corrected chi connectivity index (χ1v) is 9.94. The topological polar surface area (TPSA) is 92.5 Å². The van der Waals surface area contributed by atoms with E-state index in [0.717, 1.165) is 18.4 Å². The number of sulfonamides is 1. The number of hydrogen-bond donors (Lipinski definition) is 1. The van der Waals surface area contributed by atoms with Gasteiger partial charge in [-0.15, -0.1) is 0 Å². The molecule has 0 unspecified atom stereocenters. The van der Waals surface area contributed by atoms with Crippen LogP contribution in [0.2, 0.25) is 0 Å². The van der Waals surface area contributed by atoms with Gasteiger partial charge in [0.15, 0.2) is 0 Å². The fraction of sp³-hybridized carbons (Fsp3) is 0.333. The third kappa shape index (κ3) is 4.09. The summed E-state index contributed by atoms with van der Waals surface area (Å²) < 4.78 is 26.5. The summed E-state index contributed by atoms with van der Waals surface area (Å²) in [6.45, 7) is 2.03. The molecule has 0 radical (unpaired) electrons. The van der Waals surface area contributed by atoms with Crippen molar-refractivity contribution in [3.05, 3.63) is 69.8 Å². The number of nitrogens with zero attached hydrogens (tertiary/aromatic N) is 2. The number of rotatable bonds is 7. The van der Waals surface area contributed by atoms with Crippen molar-refractivity contribution in [1.29, 1.82) is 0 Å². The van der Waals surface area contributed by atoms with Crippen LogP contribution in [-0.4, -0.2) is 30.7 Å². The molecule has 1 fully saturated rings. The van der Waals surface area contributed by atoms with E-state index < -0.39 is 14.9 Å². The minimum Gasteiger partial charge on any atom is -0.308 e. The molecule has 1 heterocycles. The molecule has 3 rings (SSSR count). The number of nitro groups is 1. The largest absolute Gasteiger partial charge is 0.308 e. The van der Waals surface area contributed by atoms with Crippen LogP contribution in [0.25, 0.3) is 0 Å². The molecule has 0 amide bonds. The second kappa shape index (κ2) is 7.94. The summed E-state index contributed by atoms with van der Waals surface area (Å²) >= 11 is 0. The highest BCUT2D eigenvalue weighted by Gasteiger charge is 2.26. The van der Waals surface area contributed by atoms with Gasteiger partial charge in [-0.3, -0.25) is 10.1 Å². The fourth-order valence-corrected chi connectivity index (χ4v) is 4.55. The Labute approximate surface area is 152 Å². The van der Waals surface area contributed by atoms with Crippen molar-refractivity contribution in [3.63, 3.8) is 0 Å². The maximum absolute atomic E-state index is 12.5. The average Bonchev–Trinajstić information content (AvgIpc) is 3.18. The third-order valence-corrected chi connectivity index (χ3v) is 6.37. The first-order chi connectivity index (χ1) is 12.5. The molecule has 2 aromatic carbocycles. The maximum Gasteiger partial charge on any atom is 0.273 e. The SMILES string of the molecule is O=[N+]([O-])c1ccccc1CNCc1ccc(S(=O)(=O)N2CCCC2)cc1. The van der Waals surface area contributed by atoms with Crippen molar-refractivity contribution in [1.82, 2.24) is 9.62 Å². The monoisotopic (exact) mass is 375 g/mol. The van der Waals surface area contributed by atoms with Crippen molar-refractivity contribution < 1.29 is 13.3 Å². The van der Waals surface area contributed by atoms with Gasteiger partial charge in [0.05, 0.1) is 9.82 Å². The Bertz CT molecular complexity index is 876. The van der Waals surface area contributed by atoms with E-state index in [-0.39, 0.29) is 5.69 Å². The summed E-state index contributed by atoms with van der Waals surface area (Å²) in [5.74, 6) is 0. The predicted octanol–water partition coefficient (Wildman–Crippen LogP) is 2.67. The van der Waals surface area contributed by atoms with Gasteiger partial charge in [-0.25, -0.2) is 8.42 Å². The van der Waals surface area contributed by atoms with Crippen LogP contribution in [-0.2, 0) is 23.1 Å². The molecule has 0 aliphatic carbocycles. The molecule has 0 aromatic heterocycles. The molecule has 8 heteroatoms. The molecule has 0 bridgehead atoms. The van der Waals surface area contributed by atoms with E-state index in [9.17, 15) is 18.5 Å². The van der Waals surface area contributed by atoms with Crippen molar-refractivity contribution >= 4 is 15.7 Å². The Hall–Kier alpha value is -2.29. The highest BCUT2D eigenvalue weighted by molar-refractivity contribution is 7.89. The van der Waals surface area contributed by atoms with Gasteiger partial charge in [0.25, 0.3) is 5.69 Å². The molecule has 2 aromatic rings. The maximum atomic E-state index is 12.5. The molecule has 0 saturated carbocycles. The molecule has 1 N–H and O–H groups in total. The Morgan fingerprint density at radius 3 is 2.31 bits per heavy atom. The van der Waals surface area contributed by atoms with Crippen LogP contribution >= 0.6 is 0 Å². The van der Waals surface area contributed by atoms with Crippen LogP contribution in [0.3, 0.4) is 0 Å². The molecule has 0 atom stereocenters. The fourth-order valence-electron chi connectivity index (χ4n) is 3.04. The second-order valence-corrected chi connectivity index (χ2v) is 8.18. The Balaban J connectivity index is 1.61. The lowest BCUT2D eigenvalue weighted by Crippen LogP contribution is -2.27. The second-order valence-electron chi connectivity index (χ2n) is 6.24. The summed E-state index contributed by atoms with van der Waals surface area (Å²) in [5, 5.41) is 14.2. The summed E-state index contributed by atoms with van der Waals surface area (Å²) in [5.41, 5.74) is 1.63. The lowest BCUT2D eigenvalue weighted by molar-refractivity contribution is -0.385. The first-order valence-electron chi connectivity index (χ1n) is 8.50. The molecular formula is C18H21N3O4S. The summed E-state index contributed by atoms with van der Waals surface area (Å²) in [7, 11) is -3.40. The van der Waals surface area contributed by atoms with E-state index in [4.69, 9.17) is 0 Å². The molecule has 1 aliphatic heterocycles. The minimum absolute atomic E-state index is 0.0899. The van der Waals surface area contributed by atoms with Crippen LogP contribution in [0.1, 0.15) is 24.0 Å². The number of nitrogens with one attached hydrogen (secondary N) is 1. The number of hydrogen-bond acceptors (Lipinski definition) is 5.